The van der Waals surface area contributed by atoms with Crippen molar-refractivity contribution in [1.82, 2.24) is 19.5 Å². The number of aromatic nitrogens is 4. The number of nitrogens with one attached hydrogen (secondary N) is 2. The topological polar surface area (TPSA) is 83.5 Å². The highest BCUT2D eigenvalue weighted by Crippen LogP contribution is 2.29. The zero-order chi connectivity index (χ0) is 14.4. The third-order valence-corrected chi connectivity index (χ3v) is 3.76. The van der Waals surface area contributed by atoms with E-state index < -0.39 is 11.2 Å². The highest BCUT2D eigenvalue weighted by atomic mass is 79.9. The summed E-state index contributed by atoms with van der Waals surface area (Å²) in [5.74, 6) is 0.429. The van der Waals surface area contributed by atoms with Gasteiger partial charge in [0.15, 0.2) is 5.65 Å². The van der Waals surface area contributed by atoms with Crippen LogP contribution in [-0.4, -0.2) is 19.5 Å². The van der Waals surface area contributed by atoms with Crippen LogP contribution in [0.1, 0.15) is 0 Å². The molecule has 20 heavy (non-hydrogen) atoms. The second-order valence-electron chi connectivity index (χ2n) is 4.23. The molecule has 0 aliphatic rings. The van der Waals surface area contributed by atoms with Gasteiger partial charge in [-0.3, -0.25) is 14.3 Å². The van der Waals surface area contributed by atoms with Gasteiger partial charge in [0, 0.05) is 17.1 Å². The molecule has 8 heteroatoms. The van der Waals surface area contributed by atoms with E-state index in [1.807, 2.05) is 0 Å². The molecule has 0 saturated heterocycles. The first-order valence-electron chi connectivity index (χ1n) is 5.62. The second kappa shape index (κ2) is 4.60. The lowest BCUT2D eigenvalue weighted by Crippen LogP contribution is -2.28. The maximum atomic E-state index is 11.8. The number of nitrogens with zero attached hydrogens (tertiary/aromatic N) is 2. The van der Waals surface area contributed by atoms with Crippen molar-refractivity contribution in [2.45, 2.75) is 0 Å². The Bertz CT molecular complexity index is 941. The molecule has 3 aromatic rings. The Labute approximate surface area is 125 Å². The molecule has 102 valence electrons. The van der Waals surface area contributed by atoms with Gasteiger partial charge in [0.25, 0.3) is 5.56 Å². The molecule has 1 aromatic carbocycles. The van der Waals surface area contributed by atoms with Crippen LogP contribution in [0, 0.1) is 0 Å². The first kappa shape index (κ1) is 13.1. The lowest BCUT2D eigenvalue weighted by atomic mass is 10.2. The fraction of sp³-hybridized carbons (Fsp3) is 0.0833. The number of imidazole rings is 1. The summed E-state index contributed by atoms with van der Waals surface area (Å²) >= 11 is 9.49. The van der Waals surface area contributed by atoms with E-state index in [1.165, 1.54) is 11.6 Å². The number of aromatic amines is 2. The lowest BCUT2D eigenvalue weighted by molar-refractivity contribution is 0.832. The van der Waals surface area contributed by atoms with Gasteiger partial charge in [-0.05, 0) is 18.2 Å². The molecule has 0 atom stereocenters. The van der Waals surface area contributed by atoms with Gasteiger partial charge in [-0.15, -0.1) is 0 Å². The van der Waals surface area contributed by atoms with Crippen LogP contribution in [0.5, 0.6) is 0 Å². The normalized spacial score (nSPS) is 11.2. The molecule has 3 rings (SSSR count). The molecule has 0 bridgehead atoms. The number of benzene rings is 1. The minimum absolute atomic E-state index is 0.234. The van der Waals surface area contributed by atoms with E-state index in [0.29, 0.717) is 16.4 Å². The van der Waals surface area contributed by atoms with E-state index in [0.717, 1.165) is 4.47 Å². The molecule has 0 aliphatic carbocycles. The number of rotatable bonds is 1. The van der Waals surface area contributed by atoms with Crippen LogP contribution in [0.25, 0.3) is 22.6 Å². The van der Waals surface area contributed by atoms with Crippen LogP contribution in [0.3, 0.4) is 0 Å². The van der Waals surface area contributed by atoms with Gasteiger partial charge < -0.3 is 4.98 Å². The fourth-order valence-electron chi connectivity index (χ4n) is 1.91. The largest absolute Gasteiger partial charge is 0.332 e. The highest BCUT2D eigenvalue weighted by Gasteiger charge is 2.14. The molecule has 0 amide bonds. The van der Waals surface area contributed by atoms with Crippen LogP contribution in [0.15, 0.2) is 32.3 Å². The van der Waals surface area contributed by atoms with Crippen molar-refractivity contribution < 1.29 is 0 Å². The number of H-pyrrole nitrogens is 2. The summed E-state index contributed by atoms with van der Waals surface area (Å²) in [6.07, 6.45) is 0. The Morgan fingerprint density at radius 2 is 2.05 bits per heavy atom. The summed E-state index contributed by atoms with van der Waals surface area (Å²) in [5, 5.41) is 0.494. The van der Waals surface area contributed by atoms with Crippen LogP contribution in [-0.2, 0) is 7.05 Å². The van der Waals surface area contributed by atoms with Crippen LogP contribution < -0.4 is 11.2 Å². The molecule has 6 nitrogen and oxygen atoms in total. The van der Waals surface area contributed by atoms with E-state index in [4.69, 9.17) is 11.6 Å². The molecule has 0 unspecified atom stereocenters. The van der Waals surface area contributed by atoms with Gasteiger partial charge in [-0.1, -0.05) is 27.5 Å². The van der Waals surface area contributed by atoms with Crippen molar-refractivity contribution >= 4 is 38.7 Å². The highest BCUT2D eigenvalue weighted by molar-refractivity contribution is 9.10. The predicted molar refractivity (Wildman–Crippen MR) is 80.1 cm³/mol. The Morgan fingerprint density at radius 3 is 2.80 bits per heavy atom. The van der Waals surface area contributed by atoms with E-state index >= 15 is 0 Å². The molecule has 0 saturated carbocycles. The summed E-state index contributed by atoms with van der Waals surface area (Å²) in [7, 11) is 1.54. The monoisotopic (exact) mass is 354 g/mol. The molecule has 0 aliphatic heterocycles. The first-order chi connectivity index (χ1) is 9.47. The maximum absolute atomic E-state index is 11.8. The number of hydrogen-bond donors (Lipinski definition) is 2. The molecule has 2 aromatic heterocycles. The summed E-state index contributed by atoms with van der Waals surface area (Å²) in [6, 6.07) is 5.31. The van der Waals surface area contributed by atoms with E-state index in [1.54, 1.807) is 18.2 Å². The van der Waals surface area contributed by atoms with Gasteiger partial charge in [-0.25, -0.2) is 9.78 Å². The molecule has 0 fully saturated rings. The zero-order valence-electron chi connectivity index (χ0n) is 10.2. The SMILES string of the molecule is Cn1c(=O)[nH]c(=O)c2[nH]c(-c3cc(Br)ccc3Cl)nc21. The summed E-state index contributed by atoms with van der Waals surface area (Å²) in [4.78, 5) is 32.7. The van der Waals surface area contributed by atoms with Gasteiger partial charge in [0.1, 0.15) is 11.3 Å². The molecule has 0 spiro atoms. The van der Waals surface area contributed by atoms with Crippen molar-refractivity contribution in [2.24, 2.45) is 7.05 Å². The third kappa shape index (κ3) is 1.99. The van der Waals surface area contributed by atoms with Gasteiger partial charge in [0.05, 0.1) is 5.02 Å². The Balaban J connectivity index is 2.37. The van der Waals surface area contributed by atoms with E-state index in [-0.39, 0.29) is 11.2 Å². The summed E-state index contributed by atoms with van der Waals surface area (Å²) < 4.78 is 2.10. The van der Waals surface area contributed by atoms with E-state index in [2.05, 4.69) is 30.9 Å². The molecular formula is C12H8BrClN4O2. The minimum atomic E-state index is -0.513. The fourth-order valence-corrected chi connectivity index (χ4v) is 2.48. The lowest BCUT2D eigenvalue weighted by Gasteiger charge is -2.00. The third-order valence-electron chi connectivity index (χ3n) is 2.94. The van der Waals surface area contributed by atoms with Gasteiger partial charge >= 0.3 is 5.69 Å². The number of halogens is 2. The van der Waals surface area contributed by atoms with Crippen molar-refractivity contribution in [1.29, 1.82) is 0 Å². The average Bonchev–Trinajstić information content (AvgIpc) is 2.84. The maximum Gasteiger partial charge on any atom is 0.329 e. The molecule has 0 radical (unpaired) electrons. The summed E-state index contributed by atoms with van der Waals surface area (Å²) in [6.45, 7) is 0. The summed E-state index contributed by atoms with van der Waals surface area (Å²) in [5.41, 5.74) is 0.140. The molecule has 2 heterocycles. The number of aryl methyl sites for hydroxylation is 1. The average molecular weight is 356 g/mol. The van der Waals surface area contributed by atoms with Crippen molar-refractivity contribution in [3.8, 4) is 11.4 Å². The first-order valence-corrected chi connectivity index (χ1v) is 6.79. The number of hydrogen-bond acceptors (Lipinski definition) is 3. The molecule has 2 N–H and O–H groups in total. The Hall–Kier alpha value is -1.86. The predicted octanol–water partition coefficient (Wildman–Crippen LogP) is 2.03. The van der Waals surface area contributed by atoms with Crippen molar-refractivity contribution in [2.75, 3.05) is 0 Å². The quantitative estimate of drug-likeness (QED) is 0.700. The Kier molecular flexibility index (Phi) is 3.02. The number of fused-ring (bicyclic) bond motifs is 1. The Morgan fingerprint density at radius 1 is 1.30 bits per heavy atom. The van der Waals surface area contributed by atoms with E-state index in [9.17, 15) is 9.59 Å². The zero-order valence-corrected chi connectivity index (χ0v) is 12.5. The van der Waals surface area contributed by atoms with Crippen molar-refractivity contribution in [3.05, 3.63) is 48.5 Å². The standard InChI is InChI=1S/C12H8BrClN4O2/c1-18-10-8(11(19)17-12(18)20)15-9(16-10)6-4-5(13)2-3-7(6)14/h2-4H,1H3,(H,15,16)(H,17,19,20). The van der Waals surface area contributed by atoms with Crippen LogP contribution >= 0.6 is 27.5 Å². The minimum Gasteiger partial charge on any atom is -0.332 e. The van der Waals surface area contributed by atoms with Crippen LogP contribution in [0.4, 0.5) is 0 Å². The van der Waals surface area contributed by atoms with Crippen LogP contribution in [0.2, 0.25) is 5.02 Å². The second-order valence-corrected chi connectivity index (χ2v) is 5.55. The van der Waals surface area contributed by atoms with Crippen molar-refractivity contribution in [3.63, 3.8) is 0 Å². The smallest absolute Gasteiger partial charge is 0.329 e. The van der Waals surface area contributed by atoms with Gasteiger partial charge in [-0.2, -0.15) is 0 Å². The van der Waals surface area contributed by atoms with Gasteiger partial charge in [0.2, 0.25) is 0 Å². The molecular weight excluding hydrogens is 348 g/mol.